The van der Waals surface area contributed by atoms with E-state index < -0.39 is 0 Å². The highest BCUT2D eigenvalue weighted by Crippen LogP contribution is 2.12. The van der Waals surface area contributed by atoms with Crippen molar-refractivity contribution in [1.82, 2.24) is 5.32 Å². The number of ether oxygens (including phenoxy) is 2. The molecule has 5 nitrogen and oxygen atoms in total. The topological polar surface area (TPSA) is 64.6 Å². The first kappa shape index (κ1) is 16.0. The number of methoxy groups -OCH3 is 2. The predicted octanol–water partition coefficient (Wildman–Crippen LogP) is 2.16. The molecule has 1 amide bonds. The van der Waals surface area contributed by atoms with Crippen molar-refractivity contribution >= 4 is 11.9 Å². The normalized spacial score (nSPS) is 9.90. The van der Waals surface area contributed by atoms with Crippen LogP contribution in [0.5, 0.6) is 5.75 Å². The highest BCUT2D eigenvalue weighted by Gasteiger charge is 2.05. The number of amides is 1. The van der Waals surface area contributed by atoms with E-state index >= 15 is 0 Å². The van der Waals surface area contributed by atoms with Crippen LogP contribution in [-0.4, -0.2) is 32.6 Å². The lowest BCUT2D eigenvalue weighted by Gasteiger charge is -2.06. The summed E-state index contributed by atoms with van der Waals surface area (Å²) < 4.78 is 9.63. The highest BCUT2D eigenvalue weighted by molar-refractivity contribution is 5.94. The second-order valence-electron chi connectivity index (χ2n) is 4.37. The van der Waals surface area contributed by atoms with Crippen LogP contribution in [0.1, 0.15) is 36.0 Å². The van der Waals surface area contributed by atoms with Gasteiger partial charge in [-0.3, -0.25) is 9.59 Å². The van der Waals surface area contributed by atoms with Gasteiger partial charge in [-0.15, -0.1) is 0 Å². The summed E-state index contributed by atoms with van der Waals surface area (Å²) in [6.45, 7) is 0.594. The molecule has 5 heteroatoms. The lowest BCUT2D eigenvalue weighted by Crippen LogP contribution is -2.24. The minimum absolute atomic E-state index is 0.114. The molecule has 1 rings (SSSR count). The summed E-state index contributed by atoms with van der Waals surface area (Å²) in [5.74, 6) is 0.359. The predicted molar refractivity (Wildman–Crippen MR) is 75.8 cm³/mol. The monoisotopic (exact) mass is 279 g/mol. The van der Waals surface area contributed by atoms with Gasteiger partial charge in [-0.05, 0) is 31.0 Å². The SMILES string of the molecule is COC(=O)CCCCCNC(=O)c1cccc(OC)c1. The van der Waals surface area contributed by atoms with Crippen molar-refractivity contribution in [2.75, 3.05) is 20.8 Å². The fraction of sp³-hybridized carbons (Fsp3) is 0.467. The summed E-state index contributed by atoms with van der Waals surface area (Å²) >= 11 is 0. The zero-order valence-corrected chi connectivity index (χ0v) is 12.0. The molecule has 0 unspecified atom stereocenters. The van der Waals surface area contributed by atoms with Gasteiger partial charge in [-0.1, -0.05) is 12.5 Å². The molecule has 1 aromatic carbocycles. The van der Waals surface area contributed by atoms with Crippen molar-refractivity contribution in [3.05, 3.63) is 29.8 Å². The Labute approximate surface area is 119 Å². The van der Waals surface area contributed by atoms with Crippen molar-refractivity contribution in [1.29, 1.82) is 0 Å². The van der Waals surface area contributed by atoms with Gasteiger partial charge in [0.1, 0.15) is 5.75 Å². The van der Waals surface area contributed by atoms with Crippen molar-refractivity contribution in [3.8, 4) is 5.75 Å². The number of unbranched alkanes of at least 4 members (excludes halogenated alkanes) is 2. The van der Waals surface area contributed by atoms with E-state index in [1.807, 2.05) is 0 Å². The second-order valence-corrected chi connectivity index (χ2v) is 4.37. The molecule has 0 atom stereocenters. The van der Waals surface area contributed by atoms with Gasteiger partial charge >= 0.3 is 5.97 Å². The summed E-state index contributed by atoms with van der Waals surface area (Å²) in [7, 11) is 2.95. The maximum absolute atomic E-state index is 11.9. The quantitative estimate of drug-likeness (QED) is 0.585. The number of carbonyl (C=O) groups excluding carboxylic acids is 2. The van der Waals surface area contributed by atoms with E-state index in [-0.39, 0.29) is 11.9 Å². The van der Waals surface area contributed by atoms with Crippen LogP contribution in [0.3, 0.4) is 0 Å². The summed E-state index contributed by atoms with van der Waals surface area (Å²) in [6, 6.07) is 7.02. The van der Waals surface area contributed by atoms with Crippen LogP contribution in [0.4, 0.5) is 0 Å². The molecule has 20 heavy (non-hydrogen) atoms. The third kappa shape index (κ3) is 5.73. The first-order valence-corrected chi connectivity index (χ1v) is 6.66. The average Bonchev–Trinajstić information content (AvgIpc) is 2.50. The van der Waals surface area contributed by atoms with E-state index in [0.29, 0.717) is 24.3 Å². The molecular formula is C15H21NO4. The molecule has 0 saturated heterocycles. The van der Waals surface area contributed by atoms with Crippen LogP contribution in [0.25, 0.3) is 0 Å². The van der Waals surface area contributed by atoms with E-state index in [2.05, 4.69) is 10.1 Å². The average molecular weight is 279 g/mol. The van der Waals surface area contributed by atoms with E-state index in [1.54, 1.807) is 31.4 Å². The molecule has 0 radical (unpaired) electrons. The molecule has 0 heterocycles. The third-order valence-corrected chi connectivity index (χ3v) is 2.90. The highest BCUT2D eigenvalue weighted by atomic mass is 16.5. The molecule has 0 bridgehead atoms. The van der Waals surface area contributed by atoms with E-state index in [4.69, 9.17) is 4.74 Å². The van der Waals surface area contributed by atoms with Gasteiger partial charge in [0.15, 0.2) is 0 Å². The minimum atomic E-state index is -0.189. The fourth-order valence-electron chi connectivity index (χ4n) is 1.74. The minimum Gasteiger partial charge on any atom is -0.497 e. The maximum Gasteiger partial charge on any atom is 0.305 e. The third-order valence-electron chi connectivity index (χ3n) is 2.90. The van der Waals surface area contributed by atoms with Crippen molar-refractivity contribution < 1.29 is 19.1 Å². The first-order chi connectivity index (χ1) is 9.67. The largest absolute Gasteiger partial charge is 0.497 e. The molecule has 0 aliphatic heterocycles. The van der Waals surface area contributed by atoms with Crippen LogP contribution in [0.15, 0.2) is 24.3 Å². The maximum atomic E-state index is 11.9. The second kappa shape index (κ2) is 8.96. The lowest BCUT2D eigenvalue weighted by molar-refractivity contribution is -0.140. The Balaban J connectivity index is 2.21. The Morgan fingerprint density at radius 3 is 2.65 bits per heavy atom. The summed E-state index contributed by atoms with van der Waals surface area (Å²) in [4.78, 5) is 22.8. The number of hydrogen-bond donors (Lipinski definition) is 1. The van der Waals surface area contributed by atoms with Gasteiger partial charge in [0.25, 0.3) is 5.91 Å². The fourth-order valence-corrected chi connectivity index (χ4v) is 1.74. The van der Waals surface area contributed by atoms with E-state index in [0.717, 1.165) is 19.3 Å². The van der Waals surface area contributed by atoms with Crippen molar-refractivity contribution in [2.24, 2.45) is 0 Å². The molecule has 0 aliphatic rings. The number of benzene rings is 1. The van der Waals surface area contributed by atoms with Crippen LogP contribution < -0.4 is 10.1 Å². The van der Waals surface area contributed by atoms with Crippen molar-refractivity contribution in [2.45, 2.75) is 25.7 Å². The number of nitrogens with one attached hydrogen (secondary N) is 1. The smallest absolute Gasteiger partial charge is 0.305 e. The molecule has 110 valence electrons. The molecule has 0 saturated carbocycles. The number of hydrogen-bond acceptors (Lipinski definition) is 4. The first-order valence-electron chi connectivity index (χ1n) is 6.66. The van der Waals surface area contributed by atoms with Gasteiger partial charge < -0.3 is 14.8 Å². The van der Waals surface area contributed by atoms with Crippen LogP contribution in [0, 0.1) is 0 Å². The Bertz CT molecular complexity index is 445. The zero-order chi connectivity index (χ0) is 14.8. The Kier molecular flexibility index (Phi) is 7.17. The Morgan fingerprint density at radius 1 is 1.15 bits per heavy atom. The number of esters is 1. The van der Waals surface area contributed by atoms with E-state index in [9.17, 15) is 9.59 Å². The molecule has 1 N–H and O–H groups in total. The Hall–Kier alpha value is -2.04. The van der Waals surface area contributed by atoms with Gasteiger partial charge in [-0.25, -0.2) is 0 Å². The molecule has 0 spiro atoms. The number of rotatable bonds is 8. The van der Waals surface area contributed by atoms with Crippen molar-refractivity contribution in [3.63, 3.8) is 0 Å². The molecule has 1 aromatic rings. The van der Waals surface area contributed by atoms with Gasteiger partial charge in [0.05, 0.1) is 14.2 Å². The summed E-state index contributed by atoms with van der Waals surface area (Å²) in [5, 5.41) is 2.84. The van der Waals surface area contributed by atoms with Gasteiger partial charge in [0, 0.05) is 18.5 Å². The number of carbonyl (C=O) groups is 2. The summed E-state index contributed by atoms with van der Waals surface area (Å²) in [6.07, 6.45) is 2.93. The zero-order valence-electron chi connectivity index (χ0n) is 12.0. The summed E-state index contributed by atoms with van der Waals surface area (Å²) in [5.41, 5.74) is 0.582. The van der Waals surface area contributed by atoms with Crippen LogP contribution in [-0.2, 0) is 9.53 Å². The standard InChI is InChI=1S/C15H21NO4/c1-19-13-8-6-7-12(11-13)15(18)16-10-5-3-4-9-14(17)20-2/h6-8,11H,3-5,9-10H2,1-2H3,(H,16,18). The molecule has 0 fully saturated rings. The van der Waals surface area contributed by atoms with Gasteiger partial charge in [-0.2, -0.15) is 0 Å². The lowest BCUT2D eigenvalue weighted by atomic mass is 10.1. The van der Waals surface area contributed by atoms with Crippen LogP contribution in [0.2, 0.25) is 0 Å². The molecule has 0 aromatic heterocycles. The molecular weight excluding hydrogens is 258 g/mol. The van der Waals surface area contributed by atoms with Crippen LogP contribution >= 0.6 is 0 Å². The van der Waals surface area contributed by atoms with Gasteiger partial charge in [0.2, 0.25) is 0 Å². The Morgan fingerprint density at radius 2 is 1.95 bits per heavy atom. The van der Waals surface area contributed by atoms with E-state index in [1.165, 1.54) is 7.11 Å². The molecule has 0 aliphatic carbocycles.